The Morgan fingerprint density at radius 1 is 0.435 bits per heavy atom. The topological polar surface area (TPSA) is 89.5 Å². The van der Waals surface area contributed by atoms with E-state index in [1.165, 1.54) is 64.2 Å². The summed E-state index contributed by atoms with van der Waals surface area (Å²) in [4.78, 5) is 23.4. The lowest BCUT2D eigenvalue weighted by Gasteiger charge is -2.09. The van der Waals surface area contributed by atoms with Gasteiger partial charge in [0.2, 0.25) is 34.8 Å². The molecule has 8 nitrogen and oxygen atoms in total. The number of benzene rings is 1. The Balaban J connectivity index is 1.83. The molecule has 0 saturated carbocycles. The molecule has 0 heterocycles. The van der Waals surface area contributed by atoms with Crippen molar-refractivity contribution >= 4 is 11.9 Å². The number of esters is 2. The lowest BCUT2D eigenvalue weighted by molar-refractivity contribution is -0.145. The molecule has 0 unspecified atom stereocenters. The van der Waals surface area contributed by atoms with Gasteiger partial charge in [-0.2, -0.15) is 8.78 Å². The molecule has 0 atom stereocenters. The van der Waals surface area contributed by atoms with Gasteiger partial charge < -0.3 is 28.4 Å². The lowest BCUT2D eigenvalue weighted by Crippen LogP contribution is -2.16. The second-order valence-corrected chi connectivity index (χ2v) is 10.8. The minimum Gasteiger partial charge on any atom is -0.463 e. The summed E-state index contributed by atoms with van der Waals surface area (Å²) in [5.74, 6) is -14.3. The summed E-state index contributed by atoms with van der Waals surface area (Å²) in [5.41, 5.74) is 0. The Kier molecular flexibility index (Phi) is 25.1. The predicted molar refractivity (Wildman–Crippen MR) is 161 cm³/mol. The third-order valence-corrected chi connectivity index (χ3v) is 6.93. The average molecular weight is 671 g/mol. The fraction of sp³-hybridized carbons (Fsp3) is 0.758. The molecule has 0 bridgehead atoms. The van der Waals surface area contributed by atoms with Crippen molar-refractivity contribution in [3.63, 3.8) is 0 Å². The van der Waals surface area contributed by atoms with Crippen molar-refractivity contribution in [3.05, 3.63) is 29.1 Å². The Morgan fingerprint density at radius 3 is 1.26 bits per heavy atom. The highest BCUT2D eigenvalue weighted by Crippen LogP contribution is 2.29. The first-order valence-electron chi connectivity index (χ1n) is 16.5. The minimum absolute atomic E-state index is 0.0804. The van der Waals surface area contributed by atoms with Gasteiger partial charge in [-0.05, 0) is 6.42 Å². The summed E-state index contributed by atoms with van der Waals surface area (Å²) >= 11 is 0. The number of rotatable bonds is 30. The molecule has 46 heavy (non-hydrogen) atoms. The second-order valence-electron chi connectivity index (χ2n) is 10.8. The second kappa shape index (κ2) is 27.7. The summed E-state index contributed by atoms with van der Waals surface area (Å²) in [5, 5.41) is 0. The molecule has 0 aliphatic heterocycles. The van der Waals surface area contributed by atoms with E-state index in [9.17, 15) is 31.5 Å². The fourth-order valence-corrected chi connectivity index (χ4v) is 4.33. The van der Waals surface area contributed by atoms with E-state index in [1.807, 2.05) is 0 Å². The highest BCUT2D eigenvalue weighted by Gasteiger charge is 2.28. The molecule has 0 aromatic heterocycles. The Bertz CT molecular complexity index is 937. The number of carbonyl (C=O) groups is 2. The molecular formula is C33H51F5O8. The zero-order valence-corrected chi connectivity index (χ0v) is 27.1. The first kappa shape index (κ1) is 41.7. The number of hydrogen-bond donors (Lipinski definition) is 0. The normalized spacial score (nSPS) is 11.3. The van der Waals surface area contributed by atoms with Crippen LogP contribution in [-0.2, 0) is 33.3 Å². The van der Waals surface area contributed by atoms with Gasteiger partial charge in [-0.15, -0.1) is 0 Å². The molecule has 1 aromatic rings. The van der Waals surface area contributed by atoms with Gasteiger partial charge in [-0.25, -0.2) is 13.2 Å². The van der Waals surface area contributed by atoms with Gasteiger partial charge in [-0.3, -0.25) is 9.59 Å². The SMILES string of the molecule is CCCCCCCCCCCCCCCC(=O)OCCOCCOCCOCCOCCC(=O)Oc1c(F)c(F)c(F)c(F)c1F. The molecule has 0 aliphatic carbocycles. The van der Waals surface area contributed by atoms with Crippen LogP contribution in [0.25, 0.3) is 0 Å². The van der Waals surface area contributed by atoms with E-state index in [0.717, 1.165) is 19.3 Å². The van der Waals surface area contributed by atoms with E-state index >= 15 is 0 Å². The highest BCUT2D eigenvalue weighted by molar-refractivity contribution is 5.72. The molecule has 13 heteroatoms. The van der Waals surface area contributed by atoms with Gasteiger partial charge in [0.25, 0.3) is 0 Å². The zero-order valence-electron chi connectivity index (χ0n) is 27.1. The van der Waals surface area contributed by atoms with Crippen LogP contribution in [0.1, 0.15) is 103 Å². The van der Waals surface area contributed by atoms with Gasteiger partial charge >= 0.3 is 11.9 Å². The van der Waals surface area contributed by atoms with E-state index in [1.54, 1.807) is 0 Å². The van der Waals surface area contributed by atoms with Crippen molar-refractivity contribution in [1.29, 1.82) is 0 Å². The Hall–Kier alpha value is -2.35. The van der Waals surface area contributed by atoms with Crippen LogP contribution >= 0.6 is 0 Å². The maximum absolute atomic E-state index is 13.5. The van der Waals surface area contributed by atoms with Crippen LogP contribution in [0, 0.1) is 29.1 Å². The Labute approximate surface area is 269 Å². The Morgan fingerprint density at radius 2 is 0.804 bits per heavy atom. The van der Waals surface area contributed by atoms with Crippen molar-refractivity contribution < 1.29 is 60.0 Å². The third-order valence-electron chi connectivity index (χ3n) is 6.93. The number of unbranched alkanes of at least 4 members (excludes halogenated alkanes) is 12. The van der Waals surface area contributed by atoms with Crippen molar-refractivity contribution in [2.45, 2.75) is 103 Å². The van der Waals surface area contributed by atoms with Crippen LogP contribution in [0.3, 0.4) is 0 Å². The van der Waals surface area contributed by atoms with Crippen LogP contribution in [-0.4, -0.2) is 71.4 Å². The van der Waals surface area contributed by atoms with Crippen LogP contribution < -0.4 is 4.74 Å². The molecular weight excluding hydrogens is 619 g/mol. The maximum Gasteiger partial charge on any atom is 0.313 e. The van der Waals surface area contributed by atoms with Crippen molar-refractivity contribution in [1.82, 2.24) is 0 Å². The molecule has 1 rings (SSSR count). The summed E-state index contributed by atoms with van der Waals surface area (Å²) in [7, 11) is 0. The van der Waals surface area contributed by atoms with Crippen LogP contribution in [0.4, 0.5) is 22.0 Å². The molecule has 266 valence electrons. The zero-order chi connectivity index (χ0) is 33.8. The molecule has 1 aromatic carbocycles. The summed E-state index contributed by atoms with van der Waals surface area (Å²) in [6, 6.07) is 0. The number of carbonyl (C=O) groups excluding carboxylic acids is 2. The van der Waals surface area contributed by atoms with Crippen LogP contribution in [0.5, 0.6) is 5.75 Å². The first-order chi connectivity index (χ1) is 22.3. The van der Waals surface area contributed by atoms with E-state index in [4.69, 9.17) is 23.7 Å². The third kappa shape index (κ3) is 20.0. The predicted octanol–water partition coefficient (Wildman–Crippen LogP) is 7.77. The van der Waals surface area contributed by atoms with Gasteiger partial charge in [0, 0.05) is 6.42 Å². The van der Waals surface area contributed by atoms with E-state index in [2.05, 4.69) is 11.7 Å². The quantitative estimate of drug-likeness (QED) is 0.0205. The van der Waals surface area contributed by atoms with Gasteiger partial charge in [-0.1, -0.05) is 84.0 Å². The maximum atomic E-state index is 13.5. The summed E-state index contributed by atoms with van der Waals surface area (Å²) in [6.45, 7) is 3.98. The fourth-order valence-electron chi connectivity index (χ4n) is 4.33. The molecule has 0 fully saturated rings. The molecule has 0 aliphatic rings. The van der Waals surface area contributed by atoms with E-state index in [0.29, 0.717) is 26.2 Å². The summed E-state index contributed by atoms with van der Waals surface area (Å²) in [6.07, 6.45) is 16.3. The minimum atomic E-state index is -2.35. The van der Waals surface area contributed by atoms with Gasteiger partial charge in [0.1, 0.15) is 6.61 Å². The van der Waals surface area contributed by atoms with Gasteiger partial charge in [0.15, 0.2) is 0 Å². The van der Waals surface area contributed by atoms with Crippen LogP contribution in [0.2, 0.25) is 0 Å². The largest absolute Gasteiger partial charge is 0.463 e. The van der Waals surface area contributed by atoms with E-state index in [-0.39, 0.29) is 45.6 Å². The number of hydrogen-bond acceptors (Lipinski definition) is 8. The van der Waals surface area contributed by atoms with E-state index < -0.39 is 47.2 Å². The number of ether oxygens (including phenoxy) is 6. The molecule has 0 saturated heterocycles. The monoisotopic (exact) mass is 670 g/mol. The summed E-state index contributed by atoms with van der Waals surface area (Å²) < 4.78 is 96.9. The first-order valence-corrected chi connectivity index (χ1v) is 16.5. The van der Waals surface area contributed by atoms with Crippen molar-refractivity contribution in [3.8, 4) is 5.75 Å². The molecule has 0 amide bonds. The smallest absolute Gasteiger partial charge is 0.313 e. The molecule has 0 radical (unpaired) electrons. The van der Waals surface area contributed by atoms with Crippen LogP contribution in [0.15, 0.2) is 0 Å². The number of halogens is 5. The lowest BCUT2D eigenvalue weighted by atomic mass is 10.0. The van der Waals surface area contributed by atoms with Crippen molar-refractivity contribution in [2.75, 3.05) is 59.5 Å². The standard InChI is InChI=1S/C33H51F5O8/c1-2-3-4-5-6-7-8-9-10-11-12-13-14-15-26(39)45-25-24-44-23-22-43-21-20-42-19-18-41-17-16-27(40)46-33-31(37)29(35)28(34)30(36)32(33)38/h2-25H2,1H3. The highest BCUT2D eigenvalue weighted by atomic mass is 19.2. The van der Waals surface area contributed by atoms with Gasteiger partial charge in [0.05, 0.1) is 59.3 Å². The average Bonchev–Trinajstić information content (AvgIpc) is 3.05. The van der Waals surface area contributed by atoms with Crippen molar-refractivity contribution in [2.24, 2.45) is 0 Å². The molecule has 0 N–H and O–H groups in total. The molecule has 0 spiro atoms.